The molecule has 2 N–H and O–H groups in total. The molecule has 6 nitrogen and oxygen atoms in total. The van der Waals surface area contributed by atoms with Gasteiger partial charge < -0.3 is 14.6 Å². The van der Waals surface area contributed by atoms with Gasteiger partial charge in [0.2, 0.25) is 0 Å². The van der Waals surface area contributed by atoms with Crippen molar-refractivity contribution in [3.63, 3.8) is 0 Å². The lowest BCUT2D eigenvalue weighted by molar-refractivity contribution is -0.139. The molecule has 0 saturated carbocycles. The molecular formula is C18H16BrF3N2O4. The number of aliphatic carboxylic acids is 1. The Morgan fingerprint density at radius 1 is 1.29 bits per heavy atom. The van der Waals surface area contributed by atoms with Crippen LogP contribution >= 0.6 is 15.9 Å². The Morgan fingerprint density at radius 2 is 2.04 bits per heavy atom. The number of benzene rings is 2. The Morgan fingerprint density at radius 3 is 2.68 bits per heavy atom. The van der Waals surface area contributed by atoms with Crippen LogP contribution in [0.4, 0.5) is 18.9 Å². The lowest BCUT2D eigenvalue weighted by atomic mass is 10.2. The summed E-state index contributed by atoms with van der Waals surface area (Å²) in [6.45, 7) is 1.53. The minimum atomic E-state index is -4.44. The number of ether oxygens (including phenoxy) is 2. The maximum atomic E-state index is 12.7. The Hall–Kier alpha value is -2.75. The zero-order valence-electron chi connectivity index (χ0n) is 14.6. The van der Waals surface area contributed by atoms with E-state index in [-0.39, 0.29) is 11.4 Å². The molecule has 0 bridgehead atoms. The first kappa shape index (κ1) is 21.5. The Balaban J connectivity index is 2.18. The van der Waals surface area contributed by atoms with E-state index < -0.39 is 24.3 Å². The normalized spacial score (nSPS) is 11.5. The number of nitrogens with zero attached hydrogens (tertiary/aromatic N) is 1. The van der Waals surface area contributed by atoms with Crippen LogP contribution in [0.1, 0.15) is 18.1 Å². The Bertz CT molecular complexity index is 872. The maximum Gasteiger partial charge on any atom is 0.416 e. The van der Waals surface area contributed by atoms with E-state index in [1.807, 2.05) is 0 Å². The second-order valence-corrected chi connectivity index (χ2v) is 6.25. The fourth-order valence-corrected chi connectivity index (χ4v) is 2.72. The SMILES string of the molecule is CCOc1cc(C=NNc2cccc(C(F)(F)F)c2)cc(Br)c1OCC(=O)O. The highest BCUT2D eigenvalue weighted by Gasteiger charge is 2.30. The Labute approximate surface area is 167 Å². The van der Waals surface area contributed by atoms with E-state index in [2.05, 4.69) is 26.5 Å². The van der Waals surface area contributed by atoms with Gasteiger partial charge in [0.1, 0.15) is 0 Å². The number of anilines is 1. The fourth-order valence-electron chi connectivity index (χ4n) is 2.15. The van der Waals surface area contributed by atoms with Crippen molar-refractivity contribution in [1.82, 2.24) is 0 Å². The van der Waals surface area contributed by atoms with Crippen molar-refractivity contribution in [2.45, 2.75) is 13.1 Å². The highest BCUT2D eigenvalue weighted by molar-refractivity contribution is 9.10. The third-order valence-electron chi connectivity index (χ3n) is 3.27. The van der Waals surface area contributed by atoms with Crippen molar-refractivity contribution in [1.29, 1.82) is 0 Å². The molecule has 0 saturated heterocycles. The van der Waals surface area contributed by atoms with Crippen LogP contribution < -0.4 is 14.9 Å². The first-order valence-corrected chi connectivity index (χ1v) is 8.77. The number of carboxylic acid groups (broad SMARTS) is 1. The van der Waals surface area contributed by atoms with E-state index in [0.717, 1.165) is 12.1 Å². The largest absolute Gasteiger partial charge is 0.490 e. The van der Waals surface area contributed by atoms with Gasteiger partial charge in [0.15, 0.2) is 18.1 Å². The molecule has 2 aromatic rings. The van der Waals surface area contributed by atoms with Gasteiger partial charge in [-0.3, -0.25) is 5.43 Å². The van der Waals surface area contributed by atoms with Gasteiger partial charge in [-0.15, -0.1) is 0 Å². The molecule has 0 fully saturated rings. The van der Waals surface area contributed by atoms with Crippen molar-refractivity contribution in [2.24, 2.45) is 5.10 Å². The summed E-state index contributed by atoms with van der Waals surface area (Å²) in [5, 5.41) is 12.7. The molecule has 0 heterocycles. The van der Waals surface area contributed by atoms with Crippen molar-refractivity contribution in [3.05, 3.63) is 52.0 Å². The minimum Gasteiger partial charge on any atom is -0.490 e. The molecule has 0 amide bonds. The van der Waals surface area contributed by atoms with Gasteiger partial charge in [-0.1, -0.05) is 6.07 Å². The molecule has 0 unspecified atom stereocenters. The molecule has 10 heteroatoms. The third kappa shape index (κ3) is 6.15. The predicted octanol–water partition coefficient (Wildman–Crippen LogP) is 4.78. The van der Waals surface area contributed by atoms with E-state index in [1.165, 1.54) is 18.3 Å². The molecule has 28 heavy (non-hydrogen) atoms. The number of alkyl halides is 3. The molecule has 0 aliphatic rings. The van der Waals surface area contributed by atoms with Crippen LogP contribution in [0.3, 0.4) is 0 Å². The lowest BCUT2D eigenvalue weighted by Gasteiger charge is -2.13. The zero-order valence-corrected chi connectivity index (χ0v) is 16.2. The third-order valence-corrected chi connectivity index (χ3v) is 3.86. The topological polar surface area (TPSA) is 80.1 Å². The summed E-state index contributed by atoms with van der Waals surface area (Å²) >= 11 is 3.28. The molecule has 2 aromatic carbocycles. The van der Waals surface area contributed by atoms with Crippen molar-refractivity contribution < 1.29 is 32.5 Å². The van der Waals surface area contributed by atoms with Crippen LogP contribution in [0.5, 0.6) is 11.5 Å². The molecule has 0 spiro atoms. The summed E-state index contributed by atoms with van der Waals surface area (Å²) in [4.78, 5) is 10.7. The summed E-state index contributed by atoms with van der Waals surface area (Å²) in [6, 6.07) is 7.83. The van der Waals surface area contributed by atoms with Crippen molar-refractivity contribution >= 4 is 33.8 Å². The van der Waals surface area contributed by atoms with Crippen LogP contribution in [0.15, 0.2) is 46.0 Å². The lowest BCUT2D eigenvalue weighted by Crippen LogP contribution is -2.11. The number of halogens is 4. The van der Waals surface area contributed by atoms with Crippen molar-refractivity contribution in [3.8, 4) is 11.5 Å². The van der Waals surface area contributed by atoms with Crippen LogP contribution in [0.2, 0.25) is 0 Å². The van der Waals surface area contributed by atoms with Crippen LogP contribution in [-0.4, -0.2) is 30.5 Å². The smallest absolute Gasteiger partial charge is 0.416 e. The molecule has 2 rings (SSSR count). The zero-order chi connectivity index (χ0) is 20.7. The summed E-state index contributed by atoms with van der Waals surface area (Å²) < 4.78 is 49.3. The number of hydrogen-bond donors (Lipinski definition) is 2. The molecule has 0 aliphatic carbocycles. The second kappa shape index (κ2) is 9.45. The van der Waals surface area contributed by atoms with Gasteiger partial charge in [0.25, 0.3) is 0 Å². The van der Waals surface area contributed by atoms with Gasteiger partial charge in [-0.2, -0.15) is 18.3 Å². The van der Waals surface area contributed by atoms with E-state index in [0.29, 0.717) is 22.4 Å². The van der Waals surface area contributed by atoms with Crippen LogP contribution in [0, 0.1) is 0 Å². The quantitative estimate of drug-likeness (QED) is 0.437. The van der Waals surface area contributed by atoms with Crippen LogP contribution in [0.25, 0.3) is 0 Å². The number of carbonyl (C=O) groups is 1. The number of rotatable bonds is 8. The average Bonchev–Trinajstić information content (AvgIpc) is 2.60. The number of carboxylic acids is 1. The minimum absolute atomic E-state index is 0.177. The highest BCUT2D eigenvalue weighted by atomic mass is 79.9. The monoisotopic (exact) mass is 460 g/mol. The number of hydrogen-bond acceptors (Lipinski definition) is 5. The molecule has 0 atom stereocenters. The summed E-state index contributed by atoms with van der Waals surface area (Å²) in [5.74, 6) is -0.601. The number of hydrazone groups is 1. The second-order valence-electron chi connectivity index (χ2n) is 5.39. The maximum absolute atomic E-state index is 12.7. The Kier molecular flexibility index (Phi) is 7.27. The first-order chi connectivity index (χ1) is 13.2. The van der Waals surface area contributed by atoms with E-state index >= 15 is 0 Å². The van der Waals surface area contributed by atoms with Gasteiger partial charge in [0.05, 0.1) is 28.5 Å². The summed E-state index contributed by atoms with van der Waals surface area (Å²) in [5.41, 5.74) is 2.48. The van der Waals surface area contributed by atoms with Gasteiger partial charge in [0, 0.05) is 0 Å². The molecular weight excluding hydrogens is 445 g/mol. The van der Waals surface area contributed by atoms with Crippen molar-refractivity contribution in [2.75, 3.05) is 18.6 Å². The van der Waals surface area contributed by atoms with E-state index in [4.69, 9.17) is 14.6 Å². The first-order valence-electron chi connectivity index (χ1n) is 7.98. The number of nitrogens with one attached hydrogen (secondary N) is 1. The van der Waals surface area contributed by atoms with E-state index in [1.54, 1.807) is 19.1 Å². The standard InChI is InChI=1S/C18H16BrF3N2O4/c1-2-27-15-7-11(6-14(19)17(15)28-10-16(25)26)9-23-24-13-5-3-4-12(8-13)18(20,21)22/h3-9,24H,2,10H2,1H3,(H,25,26). The van der Waals surface area contributed by atoms with Crippen LogP contribution in [-0.2, 0) is 11.0 Å². The van der Waals surface area contributed by atoms with Gasteiger partial charge in [-0.05, 0) is 58.7 Å². The highest BCUT2D eigenvalue weighted by Crippen LogP contribution is 2.36. The summed E-state index contributed by atoms with van der Waals surface area (Å²) in [7, 11) is 0. The fraction of sp³-hybridized carbons (Fsp3) is 0.222. The summed E-state index contributed by atoms with van der Waals surface area (Å²) in [6.07, 6.45) is -3.06. The molecule has 0 aromatic heterocycles. The van der Waals surface area contributed by atoms with Gasteiger partial charge in [-0.25, -0.2) is 4.79 Å². The average molecular weight is 461 g/mol. The molecule has 0 radical (unpaired) electrons. The van der Waals surface area contributed by atoms with E-state index in [9.17, 15) is 18.0 Å². The molecule has 0 aliphatic heterocycles. The molecule has 150 valence electrons. The predicted molar refractivity (Wildman–Crippen MR) is 101 cm³/mol. The van der Waals surface area contributed by atoms with Gasteiger partial charge >= 0.3 is 12.1 Å².